The SMILES string of the molecule is CCCSc1nc(N)c2c3c(sc2n1)CCCCC3. The first-order valence-corrected chi connectivity index (χ1v) is 8.80. The maximum Gasteiger partial charge on any atom is 0.190 e. The highest BCUT2D eigenvalue weighted by molar-refractivity contribution is 7.99. The molecule has 0 saturated carbocycles. The van der Waals surface area contributed by atoms with Crippen molar-refractivity contribution in [2.24, 2.45) is 0 Å². The van der Waals surface area contributed by atoms with E-state index in [2.05, 4.69) is 11.9 Å². The van der Waals surface area contributed by atoms with E-state index >= 15 is 0 Å². The molecule has 2 aromatic heterocycles. The molecule has 0 atom stereocenters. The van der Waals surface area contributed by atoms with Gasteiger partial charge in [-0.1, -0.05) is 25.1 Å². The van der Waals surface area contributed by atoms with E-state index in [4.69, 9.17) is 10.7 Å². The van der Waals surface area contributed by atoms with Crippen molar-refractivity contribution in [1.29, 1.82) is 0 Å². The smallest absolute Gasteiger partial charge is 0.190 e. The van der Waals surface area contributed by atoms with Gasteiger partial charge < -0.3 is 5.73 Å². The highest BCUT2D eigenvalue weighted by Crippen LogP contribution is 2.37. The van der Waals surface area contributed by atoms with Gasteiger partial charge in [0.15, 0.2) is 5.16 Å². The number of anilines is 1. The molecule has 3 nitrogen and oxygen atoms in total. The third-order valence-corrected chi connectivity index (χ3v) is 5.75. The summed E-state index contributed by atoms with van der Waals surface area (Å²) in [6, 6.07) is 0. The van der Waals surface area contributed by atoms with E-state index in [1.54, 1.807) is 11.8 Å². The van der Waals surface area contributed by atoms with E-state index in [1.807, 2.05) is 11.3 Å². The summed E-state index contributed by atoms with van der Waals surface area (Å²) in [7, 11) is 0. The molecule has 0 aliphatic heterocycles. The summed E-state index contributed by atoms with van der Waals surface area (Å²) in [5, 5.41) is 1.98. The van der Waals surface area contributed by atoms with Gasteiger partial charge in [0.2, 0.25) is 0 Å². The molecule has 0 bridgehead atoms. The number of nitrogens with two attached hydrogens (primary N) is 1. The van der Waals surface area contributed by atoms with Gasteiger partial charge in [0, 0.05) is 10.6 Å². The molecule has 1 aliphatic carbocycles. The Morgan fingerprint density at radius 3 is 2.89 bits per heavy atom. The number of thioether (sulfide) groups is 1. The summed E-state index contributed by atoms with van der Waals surface area (Å²) < 4.78 is 0. The van der Waals surface area contributed by atoms with Crippen LogP contribution in [0.4, 0.5) is 5.82 Å². The lowest BCUT2D eigenvalue weighted by Crippen LogP contribution is -1.97. The van der Waals surface area contributed by atoms with E-state index in [-0.39, 0.29) is 0 Å². The first-order valence-electron chi connectivity index (χ1n) is 7.00. The predicted molar refractivity (Wildman–Crippen MR) is 84.1 cm³/mol. The van der Waals surface area contributed by atoms with Crippen molar-refractivity contribution in [3.05, 3.63) is 10.4 Å². The molecule has 2 N–H and O–H groups in total. The molecule has 2 aromatic rings. The number of fused-ring (bicyclic) bond motifs is 3. The second kappa shape index (κ2) is 5.67. The Hall–Kier alpha value is -0.810. The fourth-order valence-electron chi connectivity index (χ4n) is 2.60. The maximum atomic E-state index is 6.19. The van der Waals surface area contributed by atoms with Crippen LogP contribution in [0.2, 0.25) is 0 Å². The van der Waals surface area contributed by atoms with Crippen LogP contribution in [0, 0.1) is 0 Å². The number of hydrogen-bond donors (Lipinski definition) is 1. The fourth-order valence-corrected chi connectivity index (χ4v) is 4.63. The van der Waals surface area contributed by atoms with Gasteiger partial charge in [-0.05, 0) is 37.7 Å². The monoisotopic (exact) mass is 293 g/mol. The second-order valence-electron chi connectivity index (χ2n) is 4.98. The van der Waals surface area contributed by atoms with Gasteiger partial charge >= 0.3 is 0 Å². The number of thiophene rings is 1. The summed E-state index contributed by atoms with van der Waals surface area (Å²) >= 11 is 3.53. The topological polar surface area (TPSA) is 51.8 Å². The van der Waals surface area contributed by atoms with Crippen molar-refractivity contribution >= 4 is 39.1 Å². The van der Waals surface area contributed by atoms with Crippen LogP contribution in [0.5, 0.6) is 0 Å². The van der Waals surface area contributed by atoms with Gasteiger partial charge in [0.1, 0.15) is 10.6 Å². The normalized spacial score (nSPS) is 15.4. The Kier molecular flexibility index (Phi) is 3.93. The molecule has 2 heterocycles. The number of rotatable bonds is 3. The maximum absolute atomic E-state index is 6.19. The van der Waals surface area contributed by atoms with Crippen molar-refractivity contribution in [3.63, 3.8) is 0 Å². The summed E-state index contributed by atoms with van der Waals surface area (Å²) in [6.45, 7) is 2.17. The van der Waals surface area contributed by atoms with Gasteiger partial charge in [-0.25, -0.2) is 9.97 Å². The van der Waals surface area contributed by atoms with Gasteiger partial charge in [-0.15, -0.1) is 11.3 Å². The second-order valence-corrected chi connectivity index (χ2v) is 7.13. The van der Waals surface area contributed by atoms with Gasteiger partial charge in [-0.3, -0.25) is 0 Å². The van der Waals surface area contributed by atoms with Gasteiger partial charge in [0.25, 0.3) is 0 Å². The van der Waals surface area contributed by atoms with Crippen molar-refractivity contribution in [3.8, 4) is 0 Å². The Bertz CT molecular complexity index is 592. The molecule has 0 unspecified atom stereocenters. The average molecular weight is 293 g/mol. The van der Waals surface area contributed by atoms with Gasteiger partial charge in [0.05, 0.1) is 5.39 Å². The molecular weight excluding hydrogens is 274 g/mol. The van der Waals surface area contributed by atoms with E-state index < -0.39 is 0 Å². The number of aromatic nitrogens is 2. The minimum atomic E-state index is 0.683. The standard InChI is InChI=1S/C14H19N3S2/c1-2-8-18-14-16-12(15)11-9-6-4-3-5-7-10(9)19-13(11)17-14/h2-8H2,1H3,(H2,15,16,17). The minimum Gasteiger partial charge on any atom is -0.383 e. The highest BCUT2D eigenvalue weighted by atomic mass is 32.2. The molecule has 0 amide bonds. The predicted octanol–water partition coefficient (Wildman–Crippen LogP) is 4.04. The molecule has 3 rings (SSSR count). The molecule has 0 radical (unpaired) electrons. The molecule has 0 aromatic carbocycles. The van der Waals surface area contributed by atoms with Crippen LogP contribution in [-0.2, 0) is 12.8 Å². The van der Waals surface area contributed by atoms with Crippen molar-refractivity contribution in [1.82, 2.24) is 9.97 Å². The van der Waals surface area contributed by atoms with Crippen LogP contribution in [0.25, 0.3) is 10.2 Å². The Morgan fingerprint density at radius 2 is 2.05 bits per heavy atom. The highest BCUT2D eigenvalue weighted by Gasteiger charge is 2.19. The number of nitrogens with zero attached hydrogens (tertiary/aromatic N) is 2. The average Bonchev–Trinajstić information content (AvgIpc) is 2.59. The zero-order chi connectivity index (χ0) is 13.2. The summed E-state index contributed by atoms with van der Waals surface area (Å²) in [5.74, 6) is 1.73. The number of hydrogen-bond acceptors (Lipinski definition) is 5. The van der Waals surface area contributed by atoms with E-state index in [1.165, 1.54) is 36.1 Å². The molecular formula is C14H19N3S2. The molecule has 102 valence electrons. The van der Waals surface area contributed by atoms with Gasteiger partial charge in [-0.2, -0.15) is 0 Å². The Labute approximate surface area is 122 Å². The minimum absolute atomic E-state index is 0.683. The molecule has 0 saturated heterocycles. The van der Waals surface area contributed by atoms with Crippen LogP contribution >= 0.6 is 23.1 Å². The van der Waals surface area contributed by atoms with E-state index in [0.717, 1.165) is 34.0 Å². The molecule has 19 heavy (non-hydrogen) atoms. The molecule has 0 fully saturated rings. The van der Waals surface area contributed by atoms with Crippen LogP contribution in [-0.4, -0.2) is 15.7 Å². The first kappa shape index (κ1) is 13.2. The van der Waals surface area contributed by atoms with Crippen molar-refractivity contribution in [2.75, 3.05) is 11.5 Å². The zero-order valence-corrected chi connectivity index (χ0v) is 12.9. The van der Waals surface area contributed by atoms with Crippen LogP contribution in [0.3, 0.4) is 0 Å². The number of aryl methyl sites for hydroxylation is 2. The molecule has 1 aliphatic rings. The largest absolute Gasteiger partial charge is 0.383 e. The first-order chi connectivity index (χ1) is 9.29. The lowest BCUT2D eigenvalue weighted by atomic mass is 10.1. The van der Waals surface area contributed by atoms with E-state index in [0.29, 0.717) is 5.82 Å². The summed E-state index contributed by atoms with van der Waals surface area (Å²) in [5.41, 5.74) is 7.62. The zero-order valence-electron chi connectivity index (χ0n) is 11.2. The summed E-state index contributed by atoms with van der Waals surface area (Å²) in [4.78, 5) is 11.8. The number of nitrogen functional groups attached to an aromatic ring is 1. The Balaban J connectivity index is 2.06. The molecule has 0 spiro atoms. The van der Waals surface area contributed by atoms with Crippen LogP contribution < -0.4 is 5.73 Å². The van der Waals surface area contributed by atoms with E-state index in [9.17, 15) is 0 Å². The summed E-state index contributed by atoms with van der Waals surface area (Å²) in [6.07, 6.45) is 7.35. The van der Waals surface area contributed by atoms with Crippen molar-refractivity contribution < 1.29 is 0 Å². The van der Waals surface area contributed by atoms with Crippen LogP contribution in [0.1, 0.15) is 43.0 Å². The lowest BCUT2D eigenvalue weighted by Gasteiger charge is -2.03. The van der Waals surface area contributed by atoms with Crippen molar-refractivity contribution in [2.45, 2.75) is 50.6 Å². The fraction of sp³-hybridized carbons (Fsp3) is 0.571. The van der Waals surface area contributed by atoms with Crippen LogP contribution in [0.15, 0.2) is 5.16 Å². The third kappa shape index (κ3) is 2.58. The quantitative estimate of drug-likeness (QED) is 0.527. The Morgan fingerprint density at radius 1 is 1.21 bits per heavy atom. The lowest BCUT2D eigenvalue weighted by molar-refractivity contribution is 0.713. The third-order valence-electron chi connectivity index (χ3n) is 3.51. The molecule has 5 heteroatoms.